The maximum Gasteiger partial charge on any atom is 0.104 e. The highest BCUT2D eigenvalue weighted by molar-refractivity contribution is 7.85. The molecule has 0 saturated carbocycles. The van der Waals surface area contributed by atoms with E-state index in [1.54, 1.807) is 0 Å². The van der Waals surface area contributed by atoms with Crippen LogP contribution in [0.3, 0.4) is 0 Å². The van der Waals surface area contributed by atoms with Gasteiger partial charge in [0.05, 0.1) is 24.2 Å². The molecule has 0 aliphatic heterocycles. The first-order valence-electron chi connectivity index (χ1n) is 7.55. The molecule has 4 nitrogen and oxygen atoms in total. The van der Waals surface area contributed by atoms with Gasteiger partial charge in [0, 0.05) is 16.9 Å². The number of hydrogen-bond donors (Lipinski definition) is 0. The Hall–Kier alpha value is -1.69. The Morgan fingerprint density at radius 3 is 1.39 bits per heavy atom. The molecule has 0 heterocycles. The van der Waals surface area contributed by atoms with Crippen molar-refractivity contribution in [2.24, 2.45) is 0 Å². The van der Waals surface area contributed by atoms with Gasteiger partial charge in [-0.3, -0.25) is 0 Å². The van der Waals surface area contributed by atoms with Crippen molar-refractivity contribution in [3.05, 3.63) is 71.8 Å². The van der Waals surface area contributed by atoms with Gasteiger partial charge < -0.3 is 9.04 Å². The molecule has 23 heavy (non-hydrogen) atoms. The maximum atomic E-state index is 9.44. The lowest BCUT2D eigenvalue weighted by Crippen LogP contribution is -2.37. The van der Waals surface area contributed by atoms with Crippen molar-refractivity contribution in [1.29, 1.82) is 0 Å². The minimum absolute atomic E-state index is 0.312. The summed E-state index contributed by atoms with van der Waals surface area (Å²) in [4.78, 5) is 0. The highest BCUT2D eigenvalue weighted by atomic mass is 32.2. The Bertz CT molecular complexity index is 624. The Kier molecular flexibility index (Phi) is 7.42. The average molecular weight is 335 g/mol. The number of quaternary nitrogens is 1. The molecular formula is C18H25NO3S. The number of benzene rings is 2. The second kappa shape index (κ2) is 8.82. The molecule has 0 aromatic heterocycles. The zero-order valence-electron chi connectivity index (χ0n) is 14.0. The Labute approximate surface area is 139 Å². The summed E-state index contributed by atoms with van der Waals surface area (Å²) in [5.74, 6) is -0.312. The van der Waals surface area contributed by atoms with Gasteiger partial charge in [-0.1, -0.05) is 67.6 Å². The summed E-state index contributed by atoms with van der Waals surface area (Å²) < 4.78 is 29.3. The predicted molar refractivity (Wildman–Crippen MR) is 92.6 cm³/mol. The van der Waals surface area contributed by atoms with Crippen molar-refractivity contribution in [3.8, 4) is 0 Å². The van der Waals surface area contributed by atoms with Gasteiger partial charge in [0.1, 0.15) is 13.1 Å². The van der Waals surface area contributed by atoms with Crippen molar-refractivity contribution in [2.45, 2.75) is 20.0 Å². The van der Waals surface area contributed by atoms with E-state index < -0.39 is 10.1 Å². The zero-order chi connectivity index (χ0) is 17.3. The average Bonchev–Trinajstić information content (AvgIpc) is 2.48. The molecule has 0 amide bonds. The first-order valence-corrected chi connectivity index (χ1v) is 9.13. The molecule has 0 atom stereocenters. The van der Waals surface area contributed by atoms with Crippen LogP contribution in [0.5, 0.6) is 0 Å². The first-order chi connectivity index (χ1) is 10.7. The molecule has 5 heteroatoms. The summed E-state index contributed by atoms with van der Waals surface area (Å²) in [6, 6.07) is 21.4. The molecule has 0 unspecified atom stereocenters. The van der Waals surface area contributed by atoms with Gasteiger partial charge in [-0.25, -0.2) is 8.42 Å². The van der Waals surface area contributed by atoms with Crippen LogP contribution < -0.4 is 0 Å². The molecule has 0 saturated heterocycles. The topological polar surface area (TPSA) is 57.2 Å². The van der Waals surface area contributed by atoms with Crippen LogP contribution in [0.1, 0.15) is 18.1 Å². The van der Waals surface area contributed by atoms with Crippen molar-refractivity contribution >= 4 is 10.1 Å². The van der Waals surface area contributed by atoms with Gasteiger partial charge >= 0.3 is 0 Å². The Morgan fingerprint density at radius 1 is 0.826 bits per heavy atom. The summed E-state index contributed by atoms with van der Waals surface area (Å²) in [5.41, 5.74) is 2.79. The fraction of sp³-hybridized carbons (Fsp3) is 0.333. The third-order valence-corrected chi connectivity index (χ3v) is 3.97. The lowest BCUT2D eigenvalue weighted by molar-refractivity contribution is -0.916. The first kappa shape index (κ1) is 19.4. The number of hydrogen-bond acceptors (Lipinski definition) is 3. The quantitative estimate of drug-likeness (QED) is 0.623. The van der Waals surface area contributed by atoms with Crippen LogP contribution in [0.15, 0.2) is 60.7 Å². The number of rotatable bonds is 5. The van der Waals surface area contributed by atoms with Crippen LogP contribution in [-0.2, 0) is 23.2 Å². The zero-order valence-corrected chi connectivity index (χ0v) is 14.8. The minimum atomic E-state index is -3.91. The lowest BCUT2D eigenvalue weighted by atomic mass is 10.1. The standard InChI is InChI=1S/C16H20N.C2H6O3S/c1-17(2,13-15-9-5-3-6-10-15)14-16-11-7-4-8-12-16;1-2-6(3,4)5/h3-12H,13-14H2,1-2H3;2H2,1H3,(H,3,4,5)/q+1;/p-1. The Balaban J connectivity index is 0.000000379. The van der Waals surface area contributed by atoms with Gasteiger partial charge in [0.15, 0.2) is 0 Å². The van der Waals surface area contributed by atoms with Crippen LogP contribution >= 0.6 is 0 Å². The molecule has 0 spiro atoms. The third kappa shape index (κ3) is 9.13. The van der Waals surface area contributed by atoms with E-state index in [9.17, 15) is 13.0 Å². The largest absolute Gasteiger partial charge is 0.748 e. The molecule has 0 bridgehead atoms. The maximum absolute atomic E-state index is 9.44. The van der Waals surface area contributed by atoms with E-state index in [4.69, 9.17) is 0 Å². The van der Waals surface area contributed by atoms with Gasteiger partial charge in [-0.2, -0.15) is 0 Å². The van der Waals surface area contributed by atoms with Crippen molar-refractivity contribution in [3.63, 3.8) is 0 Å². The van der Waals surface area contributed by atoms with Gasteiger partial charge in [-0.05, 0) is 0 Å². The molecule has 0 N–H and O–H groups in total. The fourth-order valence-corrected chi connectivity index (χ4v) is 2.21. The monoisotopic (exact) mass is 335 g/mol. The summed E-state index contributed by atoms with van der Waals surface area (Å²) in [7, 11) is 0.644. The van der Waals surface area contributed by atoms with Crippen molar-refractivity contribution < 1.29 is 17.5 Å². The minimum Gasteiger partial charge on any atom is -0.748 e. The molecule has 2 aromatic carbocycles. The molecule has 2 aromatic rings. The normalized spacial score (nSPS) is 11.5. The highest BCUT2D eigenvalue weighted by Crippen LogP contribution is 2.14. The van der Waals surface area contributed by atoms with Gasteiger partial charge in [-0.15, -0.1) is 0 Å². The number of nitrogens with zero attached hydrogens (tertiary/aromatic N) is 1. The van der Waals surface area contributed by atoms with E-state index in [0.29, 0.717) is 0 Å². The van der Waals surface area contributed by atoms with Crippen LogP contribution in [0.25, 0.3) is 0 Å². The molecule has 2 rings (SSSR count). The van der Waals surface area contributed by atoms with E-state index in [0.717, 1.165) is 17.6 Å². The molecule has 0 aliphatic rings. The predicted octanol–water partition coefficient (Wildman–Crippen LogP) is 3.01. The van der Waals surface area contributed by atoms with Gasteiger partial charge in [0.25, 0.3) is 0 Å². The summed E-state index contributed by atoms with van der Waals surface area (Å²) >= 11 is 0. The second-order valence-electron chi connectivity index (χ2n) is 6.07. The van der Waals surface area contributed by atoms with Crippen molar-refractivity contribution in [1.82, 2.24) is 0 Å². The SMILES string of the molecule is CCS(=O)(=O)[O-].C[N+](C)(Cc1ccccc1)Cc1ccccc1. The molecule has 0 aliphatic carbocycles. The van der Waals surface area contributed by atoms with E-state index in [2.05, 4.69) is 74.8 Å². The van der Waals surface area contributed by atoms with E-state index in [-0.39, 0.29) is 5.75 Å². The van der Waals surface area contributed by atoms with Gasteiger partial charge in [0.2, 0.25) is 0 Å². The van der Waals surface area contributed by atoms with Crippen LogP contribution in [0, 0.1) is 0 Å². The van der Waals surface area contributed by atoms with Crippen LogP contribution in [-0.4, -0.2) is 37.3 Å². The fourth-order valence-electron chi connectivity index (χ4n) is 2.21. The molecule has 126 valence electrons. The highest BCUT2D eigenvalue weighted by Gasteiger charge is 2.16. The smallest absolute Gasteiger partial charge is 0.104 e. The summed E-state index contributed by atoms with van der Waals surface area (Å²) in [6.07, 6.45) is 0. The summed E-state index contributed by atoms with van der Waals surface area (Å²) in [5, 5.41) is 0. The van der Waals surface area contributed by atoms with E-state index in [1.165, 1.54) is 18.1 Å². The lowest BCUT2D eigenvalue weighted by Gasteiger charge is -2.30. The summed E-state index contributed by atoms with van der Waals surface area (Å²) in [6.45, 7) is 3.44. The molecule has 0 fully saturated rings. The Morgan fingerprint density at radius 2 is 1.13 bits per heavy atom. The van der Waals surface area contributed by atoms with Crippen LogP contribution in [0.4, 0.5) is 0 Å². The second-order valence-corrected chi connectivity index (χ2v) is 7.76. The molecule has 0 radical (unpaired) electrons. The third-order valence-electron chi connectivity index (χ3n) is 3.26. The van der Waals surface area contributed by atoms with Crippen molar-refractivity contribution in [2.75, 3.05) is 19.8 Å². The van der Waals surface area contributed by atoms with E-state index >= 15 is 0 Å². The van der Waals surface area contributed by atoms with Crippen LogP contribution in [0.2, 0.25) is 0 Å². The van der Waals surface area contributed by atoms with E-state index in [1.807, 2.05) is 0 Å². The molecular weight excluding hydrogens is 310 g/mol.